The number of halogens is 1. The number of rotatable bonds is 8. The van der Waals surface area contributed by atoms with Crippen molar-refractivity contribution in [2.24, 2.45) is 0 Å². The maximum atomic E-state index is 12.4. The SMILES string of the molecule is CCC(Oc1ccccc1Cl)C(=O)NCCOc1ccccc1C(C)(C)C. The molecule has 0 bridgehead atoms. The minimum atomic E-state index is -0.591. The predicted octanol–water partition coefficient (Wildman–Crippen LogP) is 4.99. The summed E-state index contributed by atoms with van der Waals surface area (Å²) in [6.07, 6.45) is -0.0446. The van der Waals surface area contributed by atoms with Crippen molar-refractivity contribution < 1.29 is 14.3 Å². The number of amides is 1. The van der Waals surface area contributed by atoms with Gasteiger partial charge in [-0.3, -0.25) is 4.79 Å². The van der Waals surface area contributed by atoms with E-state index in [1.54, 1.807) is 12.1 Å². The second-order valence-corrected chi connectivity index (χ2v) is 7.74. The summed E-state index contributed by atoms with van der Waals surface area (Å²) in [5, 5.41) is 3.36. The molecule has 0 radical (unpaired) electrons. The van der Waals surface area contributed by atoms with Gasteiger partial charge >= 0.3 is 0 Å². The number of nitrogens with one attached hydrogen (secondary N) is 1. The first-order chi connectivity index (χ1) is 12.8. The van der Waals surface area contributed by atoms with Crippen molar-refractivity contribution in [3.63, 3.8) is 0 Å². The summed E-state index contributed by atoms with van der Waals surface area (Å²) >= 11 is 6.10. The van der Waals surface area contributed by atoms with Gasteiger partial charge in [0, 0.05) is 0 Å². The zero-order chi connectivity index (χ0) is 19.9. The molecule has 0 aromatic heterocycles. The summed E-state index contributed by atoms with van der Waals surface area (Å²) in [5.74, 6) is 1.18. The van der Waals surface area contributed by atoms with Crippen LogP contribution in [0.25, 0.3) is 0 Å². The predicted molar refractivity (Wildman–Crippen MR) is 110 cm³/mol. The second kappa shape index (κ2) is 9.65. The Bertz CT molecular complexity index is 755. The number of hydrogen-bond acceptors (Lipinski definition) is 3. The van der Waals surface area contributed by atoms with Crippen molar-refractivity contribution in [1.29, 1.82) is 0 Å². The maximum Gasteiger partial charge on any atom is 0.261 e. The highest BCUT2D eigenvalue weighted by molar-refractivity contribution is 6.32. The Labute approximate surface area is 166 Å². The zero-order valence-electron chi connectivity index (χ0n) is 16.4. The fourth-order valence-electron chi connectivity index (χ4n) is 2.68. The van der Waals surface area contributed by atoms with Crippen LogP contribution in [0.5, 0.6) is 11.5 Å². The number of carbonyl (C=O) groups excluding carboxylic acids is 1. The number of benzene rings is 2. The van der Waals surface area contributed by atoms with Crippen LogP contribution in [0.2, 0.25) is 5.02 Å². The van der Waals surface area contributed by atoms with E-state index in [0.717, 1.165) is 11.3 Å². The number of ether oxygens (including phenoxy) is 2. The van der Waals surface area contributed by atoms with Crippen LogP contribution >= 0.6 is 11.6 Å². The molecule has 1 N–H and O–H groups in total. The molecule has 1 amide bonds. The van der Waals surface area contributed by atoms with Gasteiger partial charge in [-0.25, -0.2) is 0 Å². The Kier molecular flexibility index (Phi) is 7.55. The Morgan fingerprint density at radius 3 is 2.33 bits per heavy atom. The molecule has 0 heterocycles. The molecule has 2 aromatic rings. The van der Waals surface area contributed by atoms with E-state index in [1.165, 1.54) is 0 Å². The quantitative estimate of drug-likeness (QED) is 0.647. The van der Waals surface area contributed by atoms with Crippen molar-refractivity contribution >= 4 is 17.5 Å². The molecule has 0 fully saturated rings. The number of carbonyl (C=O) groups is 1. The third kappa shape index (κ3) is 6.17. The molecule has 0 saturated carbocycles. The summed E-state index contributed by atoms with van der Waals surface area (Å²) in [6, 6.07) is 15.1. The molecule has 0 saturated heterocycles. The van der Waals surface area contributed by atoms with E-state index < -0.39 is 6.10 Å². The lowest BCUT2D eigenvalue weighted by atomic mass is 9.86. The lowest BCUT2D eigenvalue weighted by Gasteiger charge is -2.23. The normalized spacial score (nSPS) is 12.3. The van der Waals surface area contributed by atoms with Crippen molar-refractivity contribution in [3.8, 4) is 11.5 Å². The van der Waals surface area contributed by atoms with Crippen molar-refractivity contribution in [2.45, 2.75) is 45.6 Å². The van der Waals surface area contributed by atoms with Gasteiger partial charge in [0.05, 0.1) is 11.6 Å². The fourth-order valence-corrected chi connectivity index (χ4v) is 2.86. The van der Waals surface area contributed by atoms with E-state index in [1.807, 2.05) is 37.3 Å². The largest absolute Gasteiger partial charge is 0.491 e. The molecule has 146 valence electrons. The van der Waals surface area contributed by atoms with E-state index >= 15 is 0 Å². The van der Waals surface area contributed by atoms with Gasteiger partial charge in [-0.1, -0.05) is 69.6 Å². The monoisotopic (exact) mass is 389 g/mol. The standard InChI is InChI=1S/C22H28ClNO3/c1-5-18(27-20-13-9-7-11-17(20)23)21(25)24-14-15-26-19-12-8-6-10-16(19)22(2,3)4/h6-13,18H,5,14-15H2,1-4H3,(H,24,25). The summed E-state index contributed by atoms with van der Waals surface area (Å²) in [7, 11) is 0. The summed E-state index contributed by atoms with van der Waals surface area (Å²) < 4.78 is 11.6. The third-order valence-corrected chi connectivity index (χ3v) is 4.44. The lowest BCUT2D eigenvalue weighted by molar-refractivity contribution is -0.128. The van der Waals surface area contributed by atoms with Crippen LogP contribution in [-0.2, 0) is 10.2 Å². The molecule has 5 heteroatoms. The third-order valence-electron chi connectivity index (χ3n) is 4.12. The molecule has 2 aromatic carbocycles. The Balaban J connectivity index is 1.86. The Morgan fingerprint density at radius 1 is 1.07 bits per heavy atom. The minimum Gasteiger partial charge on any atom is -0.491 e. The van der Waals surface area contributed by atoms with Gasteiger partial charge in [-0.05, 0) is 35.6 Å². The van der Waals surface area contributed by atoms with Crippen LogP contribution in [0.4, 0.5) is 0 Å². The van der Waals surface area contributed by atoms with Crippen molar-refractivity contribution in [1.82, 2.24) is 5.32 Å². The van der Waals surface area contributed by atoms with Crippen molar-refractivity contribution in [3.05, 3.63) is 59.1 Å². The topological polar surface area (TPSA) is 47.6 Å². The van der Waals surface area contributed by atoms with Gasteiger partial charge < -0.3 is 14.8 Å². The van der Waals surface area contributed by atoms with Crippen LogP contribution < -0.4 is 14.8 Å². The first-order valence-electron chi connectivity index (χ1n) is 9.24. The lowest BCUT2D eigenvalue weighted by Crippen LogP contribution is -2.39. The molecular formula is C22H28ClNO3. The molecule has 4 nitrogen and oxygen atoms in total. The fraction of sp³-hybridized carbons (Fsp3) is 0.409. The molecule has 27 heavy (non-hydrogen) atoms. The highest BCUT2D eigenvalue weighted by atomic mass is 35.5. The second-order valence-electron chi connectivity index (χ2n) is 7.33. The van der Waals surface area contributed by atoms with Gasteiger partial charge in [0.15, 0.2) is 6.10 Å². The van der Waals surface area contributed by atoms with E-state index in [4.69, 9.17) is 21.1 Å². The maximum absolute atomic E-state index is 12.4. The highest BCUT2D eigenvalue weighted by Crippen LogP contribution is 2.30. The van der Waals surface area contributed by atoms with Gasteiger partial charge in [0.1, 0.15) is 18.1 Å². The molecular weight excluding hydrogens is 362 g/mol. The molecule has 2 rings (SSSR count). The minimum absolute atomic E-state index is 0.00403. The molecule has 1 atom stereocenters. The van der Waals surface area contributed by atoms with E-state index in [9.17, 15) is 4.79 Å². The highest BCUT2D eigenvalue weighted by Gasteiger charge is 2.20. The zero-order valence-corrected chi connectivity index (χ0v) is 17.2. The average molecular weight is 390 g/mol. The van der Waals surface area contributed by atoms with E-state index in [0.29, 0.717) is 30.3 Å². The van der Waals surface area contributed by atoms with Crippen LogP contribution in [0.15, 0.2) is 48.5 Å². The molecule has 0 aliphatic carbocycles. The van der Waals surface area contributed by atoms with Gasteiger partial charge in [0.25, 0.3) is 5.91 Å². The number of para-hydroxylation sites is 2. The molecule has 1 unspecified atom stereocenters. The van der Waals surface area contributed by atoms with Gasteiger partial charge in [0.2, 0.25) is 0 Å². The molecule has 0 aliphatic rings. The summed E-state index contributed by atoms with van der Waals surface area (Å²) in [6.45, 7) is 9.14. The van der Waals surface area contributed by atoms with Crippen LogP contribution in [0, 0.1) is 0 Å². The van der Waals surface area contributed by atoms with Crippen LogP contribution in [-0.4, -0.2) is 25.2 Å². The van der Waals surface area contributed by atoms with Crippen molar-refractivity contribution in [2.75, 3.05) is 13.2 Å². The van der Waals surface area contributed by atoms with Crippen LogP contribution in [0.3, 0.4) is 0 Å². The van der Waals surface area contributed by atoms with Gasteiger partial charge in [-0.2, -0.15) is 0 Å². The summed E-state index contributed by atoms with van der Waals surface area (Å²) in [5.41, 5.74) is 1.14. The van der Waals surface area contributed by atoms with E-state index in [-0.39, 0.29) is 11.3 Å². The first-order valence-corrected chi connectivity index (χ1v) is 9.62. The smallest absolute Gasteiger partial charge is 0.261 e. The first kappa shape index (κ1) is 21.1. The molecule has 0 spiro atoms. The number of hydrogen-bond donors (Lipinski definition) is 1. The average Bonchev–Trinajstić information content (AvgIpc) is 2.64. The van der Waals surface area contributed by atoms with Gasteiger partial charge in [-0.15, -0.1) is 0 Å². The Hall–Kier alpha value is -2.20. The van der Waals surface area contributed by atoms with Crippen LogP contribution in [0.1, 0.15) is 39.7 Å². The van der Waals surface area contributed by atoms with E-state index in [2.05, 4.69) is 32.2 Å². The molecule has 0 aliphatic heterocycles. The Morgan fingerprint density at radius 2 is 1.70 bits per heavy atom. The summed E-state index contributed by atoms with van der Waals surface area (Å²) in [4.78, 5) is 12.4.